The summed E-state index contributed by atoms with van der Waals surface area (Å²) in [6.07, 6.45) is 0.167. The number of nitrogens with zero attached hydrogens (tertiary/aromatic N) is 1. The van der Waals surface area contributed by atoms with Crippen LogP contribution in [0.15, 0.2) is 60.7 Å². The molecule has 40 heavy (non-hydrogen) atoms. The molecule has 3 rings (SSSR count). The molecular formula is C32H40F2IN3O2. The van der Waals surface area contributed by atoms with E-state index >= 15 is 0 Å². The van der Waals surface area contributed by atoms with Gasteiger partial charge in [0.2, 0.25) is 0 Å². The second-order valence-electron chi connectivity index (χ2n) is 11.0. The number of benzene rings is 3. The highest BCUT2D eigenvalue weighted by Gasteiger charge is 2.23. The van der Waals surface area contributed by atoms with Gasteiger partial charge in [0.1, 0.15) is 11.6 Å². The highest BCUT2D eigenvalue weighted by atomic mass is 127. The number of rotatable bonds is 14. The smallest absolute Gasteiger partial charge is 0.251 e. The van der Waals surface area contributed by atoms with E-state index in [1.54, 1.807) is 0 Å². The molecule has 5 nitrogen and oxygen atoms in total. The van der Waals surface area contributed by atoms with Crippen molar-refractivity contribution in [3.05, 3.63) is 104 Å². The summed E-state index contributed by atoms with van der Waals surface area (Å²) in [5.74, 6) is -1.12. The van der Waals surface area contributed by atoms with Crippen LogP contribution in [0.1, 0.15) is 52.9 Å². The van der Waals surface area contributed by atoms with E-state index in [0.29, 0.717) is 30.1 Å². The Balaban J connectivity index is 1.74. The lowest BCUT2D eigenvalue weighted by atomic mass is 9.99. The summed E-state index contributed by atoms with van der Waals surface area (Å²) in [6.45, 7) is 8.74. The van der Waals surface area contributed by atoms with Crippen LogP contribution in [0.5, 0.6) is 0 Å². The number of carbonyl (C=O) groups is 1. The molecule has 8 heteroatoms. The Morgan fingerprint density at radius 2 is 1.73 bits per heavy atom. The fraction of sp³-hybridized carbons (Fsp3) is 0.406. The molecule has 0 aromatic heterocycles. The van der Waals surface area contributed by atoms with Gasteiger partial charge in [-0.15, -0.1) is 0 Å². The van der Waals surface area contributed by atoms with Crippen molar-refractivity contribution in [1.29, 1.82) is 0 Å². The maximum Gasteiger partial charge on any atom is 0.251 e. The third kappa shape index (κ3) is 10.9. The van der Waals surface area contributed by atoms with Gasteiger partial charge in [0.25, 0.3) is 5.91 Å². The summed E-state index contributed by atoms with van der Waals surface area (Å²) < 4.78 is 28.9. The number of carbonyl (C=O) groups excluding carboxylic acids is 1. The Hall–Kier alpha value is -2.40. The molecule has 216 valence electrons. The number of halogens is 3. The van der Waals surface area contributed by atoms with E-state index in [4.69, 9.17) is 0 Å². The summed E-state index contributed by atoms with van der Waals surface area (Å²) >= 11 is 2.25. The van der Waals surface area contributed by atoms with Gasteiger partial charge < -0.3 is 20.6 Å². The minimum atomic E-state index is -0.996. The molecule has 0 radical (unpaired) electrons. The number of nitrogens with one attached hydrogen (secondary N) is 2. The molecule has 3 aromatic carbocycles. The van der Waals surface area contributed by atoms with E-state index in [1.807, 2.05) is 43.3 Å². The molecule has 0 aliphatic rings. The van der Waals surface area contributed by atoms with Crippen molar-refractivity contribution in [1.82, 2.24) is 15.5 Å². The zero-order valence-electron chi connectivity index (χ0n) is 23.7. The Morgan fingerprint density at radius 3 is 2.40 bits per heavy atom. The molecule has 0 saturated carbocycles. The van der Waals surface area contributed by atoms with Gasteiger partial charge in [-0.3, -0.25) is 4.79 Å². The van der Waals surface area contributed by atoms with Crippen LogP contribution in [-0.4, -0.2) is 48.2 Å². The highest BCUT2D eigenvalue weighted by molar-refractivity contribution is 14.1. The molecule has 0 fully saturated rings. The first-order valence-electron chi connectivity index (χ1n) is 13.7. The predicted octanol–water partition coefficient (Wildman–Crippen LogP) is 5.85. The second kappa shape index (κ2) is 15.6. The average molecular weight is 664 g/mol. The fourth-order valence-electron chi connectivity index (χ4n) is 4.63. The van der Waals surface area contributed by atoms with Crippen LogP contribution in [0.25, 0.3) is 0 Å². The molecule has 2 atom stereocenters. The first-order chi connectivity index (χ1) is 19.0. The van der Waals surface area contributed by atoms with E-state index in [0.717, 1.165) is 39.3 Å². The maximum absolute atomic E-state index is 13.9. The molecule has 0 spiro atoms. The predicted molar refractivity (Wildman–Crippen MR) is 165 cm³/mol. The number of aryl methyl sites for hydroxylation is 1. The summed E-state index contributed by atoms with van der Waals surface area (Å²) in [6, 6.07) is 16.3. The van der Waals surface area contributed by atoms with Crippen molar-refractivity contribution in [3.63, 3.8) is 0 Å². The topological polar surface area (TPSA) is 64.6 Å². The van der Waals surface area contributed by atoms with Crippen LogP contribution in [0.3, 0.4) is 0 Å². The Kier molecular flexibility index (Phi) is 12.5. The highest BCUT2D eigenvalue weighted by Crippen LogP contribution is 2.16. The lowest BCUT2D eigenvalue weighted by molar-refractivity contribution is 0.0829. The lowest BCUT2D eigenvalue weighted by Crippen LogP contribution is -2.48. The normalized spacial score (nSPS) is 13.1. The quantitative estimate of drug-likeness (QED) is 0.190. The van der Waals surface area contributed by atoms with Crippen molar-refractivity contribution in [3.8, 4) is 0 Å². The number of amides is 1. The summed E-state index contributed by atoms with van der Waals surface area (Å²) in [4.78, 5) is 15.7. The molecule has 0 saturated heterocycles. The fourth-order valence-corrected chi connectivity index (χ4v) is 5.23. The van der Waals surface area contributed by atoms with Crippen LogP contribution in [0, 0.1) is 28.0 Å². The van der Waals surface area contributed by atoms with E-state index in [-0.39, 0.29) is 18.9 Å². The van der Waals surface area contributed by atoms with Gasteiger partial charge in [-0.2, -0.15) is 0 Å². The monoisotopic (exact) mass is 663 g/mol. The molecule has 0 aliphatic heterocycles. The molecule has 0 aliphatic carbocycles. The van der Waals surface area contributed by atoms with Gasteiger partial charge in [-0.25, -0.2) is 8.78 Å². The van der Waals surface area contributed by atoms with E-state index in [2.05, 4.69) is 65.1 Å². The maximum atomic E-state index is 13.9. The lowest BCUT2D eigenvalue weighted by Gasteiger charge is -2.25. The van der Waals surface area contributed by atoms with E-state index in [1.165, 1.54) is 12.1 Å². The SMILES string of the molecule is Cc1cc(CN(C)CCC(C)C)cc(C(=O)N[C@@H](Cc2cc(F)cc(F)c2)[C@H](O)CNCc2cccc(I)c2)c1. The van der Waals surface area contributed by atoms with Crippen LogP contribution in [0.2, 0.25) is 0 Å². The van der Waals surface area contributed by atoms with Crippen LogP contribution >= 0.6 is 22.6 Å². The zero-order valence-corrected chi connectivity index (χ0v) is 25.8. The van der Waals surface area contributed by atoms with Crippen LogP contribution in [0.4, 0.5) is 8.78 Å². The van der Waals surface area contributed by atoms with Gasteiger partial charge >= 0.3 is 0 Å². The van der Waals surface area contributed by atoms with Gasteiger partial charge in [0.05, 0.1) is 12.1 Å². The van der Waals surface area contributed by atoms with Crippen molar-refractivity contribution in [2.45, 2.75) is 58.8 Å². The van der Waals surface area contributed by atoms with Gasteiger partial charge in [-0.1, -0.05) is 37.6 Å². The largest absolute Gasteiger partial charge is 0.390 e. The first-order valence-corrected chi connectivity index (χ1v) is 14.7. The summed E-state index contributed by atoms with van der Waals surface area (Å²) in [7, 11) is 2.07. The Bertz CT molecular complexity index is 1250. The molecule has 0 bridgehead atoms. The minimum absolute atomic E-state index is 0.0725. The third-order valence-electron chi connectivity index (χ3n) is 6.67. The van der Waals surface area contributed by atoms with E-state index in [9.17, 15) is 18.7 Å². The molecule has 3 aromatic rings. The number of hydrogen-bond donors (Lipinski definition) is 3. The third-order valence-corrected chi connectivity index (χ3v) is 7.34. The molecule has 0 unspecified atom stereocenters. The van der Waals surface area contributed by atoms with Crippen LogP contribution in [-0.2, 0) is 19.5 Å². The molecule has 0 heterocycles. The Labute approximate surface area is 250 Å². The summed E-state index contributed by atoms with van der Waals surface area (Å²) in [5, 5.41) is 17.3. The molecule has 3 N–H and O–H groups in total. The van der Waals surface area contributed by atoms with Crippen molar-refractivity contribution in [2.24, 2.45) is 5.92 Å². The average Bonchev–Trinajstić information content (AvgIpc) is 2.86. The van der Waals surface area contributed by atoms with Crippen molar-refractivity contribution >= 4 is 28.5 Å². The van der Waals surface area contributed by atoms with Gasteiger partial charge in [0, 0.05) is 34.8 Å². The minimum Gasteiger partial charge on any atom is -0.390 e. The number of hydrogen-bond acceptors (Lipinski definition) is 4. The zero-order chi connectivity index (χ0) is 29.2. The first kappa shape index (κ1) is 32.1. The Morgan fingerprint density at radius 1 is 1.00 bits per heavy atom. The summed E-state index contributed by atoms with van der Waals surface area (Å²) in [5.41, 5.74) is 3.90. The van der Waals surface area contributed by atoms with Crippen molar-refractivity contribution in [2.75, 3.05) is 20.1 Å². The van der Waals surface area contributed by atoms with Gasteiger partial charge in [-0.05, 0) is 115 Å². The number of aliphatic hydroxyl groups excluding tert-OH is 1. The molecular weight excluding hydrogens is 623 g/mol. The number of aliphatic hydroxyl groups is 1. The van der Waals surface area contributed by atoms with Crippen molar-refractivity contribution < 1.29 is 18.7 Å². The van der Waals surface area contributed by atoms with Gasteiger partial charge in [0.15, 0.2) is 0 Å². The van der Waals surface area contributed by atoms with E-state index < -0.39 is 23.8 Å². The van der Waals surface area contributed by atoms with Crippen LogP contribution < -0.4 is 10.6 Å². The molecule has 1 amide bonds. The second-order valence-corrected chi connectivity index (χ2v) is 12.3. The standard InChI is InChI=1S/C32H40F2IN3O2/c1-21(2)8-9-38(4)20-25-10-22(3)11-26(12-25)32(40)37-30(16-24-13-27(33)17-28(34)14-24)31(39)19-36-18-23-6-5-7-29(35)15-23/h5-7,10-15,17,21,30-31,36,39H,8-9,16,18-20H2,1-4H3,(H,37,40)/t30-,31+/m0/s1.